The number of ether oxygens (including phenoxy) is 1. The highest BCUT2D eigenvalue weighted by Gasteiger charge is 1.99. The van der Waals surface area contributed by atoms with E-state index in [1.54, 1.807) is 18.3 Å². The van der Waals surface area contributed by atoms with Gasteiger partial charge >= 0.3 is 0 Å². The third-order valence-corrected chi connectivity index (χ3v) is 4.41. The highest BCUT2D eigenvalue weighted by Crippen LogP contribution is 2.26. The molecule has 0 saturated heterocycles. The van der Waals surface area contributed by atoms with Crippen LogP contribution in [0, 0.1) is 0 Å². The summed E-state index contributed by atoms with van der Waals surface area (Å²) in [4.78, 5) is 4.39. The number of hydrogen-bond donors (Lipinski definition) is 0. The first kappa shape index (κ1) is 17.8. The van der Waals surface area contributed by atoms with E-state index in [1.807, 2.05) is 54.6 Å². The molecule has 0 radical (unpaired) electrons. The van der Waals surface area contributed by atoms with Crippen LogP contribution in [0.5, 0.6) is 5.75 Å². The lowest BCUT2D eigenvalue weighted by Gasteiger charge is -2.06. The lowest BCUT2D eigenvalue weighted by molar-refractivity contribution is 0.306. The fraction of sp³-hybridized carbons (Fsp3) is 0.0500. The molecule has 0 spiro atoms. The molecule has 0 bridgehead atoms. The van der Waals surface area contributed by atoms with Crippen molar-refractivity contribution in [1.29, 1.82) is 0 Å². The van der Waals surface area contributed by atoms with E-state index in [2.05, 4.69) is 4.99 Å². The monoisotopic (exact) mass is 389 g/mol. The van der Waals surface area contributed by atoms with Crippen LogP contribution >= 0.6 is 34.8 Å². The number of rotatable bonds is 5. The van der Waals surface area contributed by atoms with E-state index in [0.29, 0.717) is 21.7 Å². The Morgan fingerprint density at radius 2 is 1.64 bits per heavy atom. The Morgan fingerprint density at radius 3 is 2.36 bits per heavy atom. The van der Waals surface area contributed by atoms with Gasteiger partial charge in [-0.2, -0.15) is 0 Å². The third-order valence-electron chi connectivity index (χ3n) is 3.44. The largest absolute Gasteiger partial charge is 0.489 e. The van der Waals surface area contributed by atoms with Gasteiger partial charge in [-0.05, 0) is 65.7 Å². The molecular formula is C20H14Cl3NO. The normalized spacial score (nSPS) is 11.0. The molecule has 0 fully saturated rings. The summed E-state index contributed by atoms with van der Waals surface area (Å²) in [6.07, 6.45) is 1.76. The van der Waals surface area contributed by atoms with Crippen LogP contribution in [-0.2, 0) is 6.61 Å². The molecule has 126 valence electrons. The average molecular weight is 391 g/mol. The minimum Gasteiger partial charge on any atom is -0.489 e. The maximum atomic E-state index is 5.98. The predicted octanol–water partition coefficient (Wildman–Crippen LogP) is 6.98. The Balaban J connectivity index is 1.61. The molecule has 3 rings (SSSR count). The molecule has 0 heterocycles. The van der Waals surface area contributed by atoms with Crippen molar-refractivity contribution in [3.63, 3.8) is 0 Å². The van der Waals surface area contributed by atoms with Crippen LogP contribution in [-0.4, -0.2) is 6.21 Å². The number of aliphatic imine (C=N–C) groups is 1. The molecule has 3 aromatic carbocycles. The fourth-order valence-electron chi connectivity index (χ4n) is 2.16. The van der Waals surface area contributed by atoms with Gasteiger partial charge in [-0.25, -0.2) is 0 Å². The first-order chi connectivity index (χ1) is 12.1. The number of halogens is 3. The van der Waals surface area contributed by atoms with E-state index in [4.69, 9.17) is 39.5 Å². The maximum Gasteiger partial charge on any atom is 0.119 e. The molecule has 0 amide bonds. The Morgan fingerprint density at radius 1 is 0.840 bits per heavy atom. The molecule has 0 N–H and O–H groups in total. The highest BCUT2D eigenvalue weighted by atomic mass is 35.5. The summed E-state index contributed by atoms with van der Waals surface area (Å²) in [5, 5.41) is 1.71. The molecule has 0 atom stereocenters. The van der Waals surface area contributed by atoms with Crippen LogP contribution in [0.25, 0.3) is 0 Å². The molecule has 0 aromatic heterocycles. The van der Waals surface area contributed by atoms with Crippen LogP contribution in [0.15, 0.2) is 71.7 Å². The standard InChI is InChI=1S/C20H14Cl3NO/c21-16-3-1-2-15(10-16)13-25-18-7-4-14(5-8-18)12-24-17-6-9-19(22)20(23)11-17/h1-12H,13H2. The summed E-state index contributed by atoms with van der Waals surface area (Å²) in [6.45, 7) is 0.470. The van der Waals surface area contributed by atoms with Crippen molar-refractivity contribution in [2.45, 2.75) is 6.61 Å². The Bertz CT molecular complexity index is 892. The van der Waals surface area contributed by atoms with Gasteiger partial charge in [-0.1, -0.05) is 46.9 Å². The smallest absolute Gasteiger partial charge is 0.119 e. The van der Waals surface area contributed by atoms with Gasteiger partial charge in [0.25, 0.3) is 0 Å². The van der Waals surface area contributed by atoms with E-state index >= 15 is 0 Å². The zero-order valence-electron chi connectivity index (χ0n) is 13.1. The van der Waals surface area contributed by atoms with E-state index in [1.165, 1.54) is 0 Å². The summed E-state index contributed by atoms with van der Waals surface area (Å²) in [5.41, 5.74) is 2.73. The molecule has 5 heteroatoms. The second kappa shape index (κ2) is 8.39. The molecule has 0 aliphatic rings. The highest BCUT2D eigenvalue weighted by molar-refractivity contribution is 6.42. The van der Waals surface area contributed by atoms with E-state index in [0.717, 1.165) is 22.6 Å². The fourth-order valence-corrected chi connectivity index (χ4v) is 2.66. The Hall–Kier alpha value is -2.00. The van der Waals surface area contributed by atoms with E-state index < -0.39 is 0 Å². The van der Waals surface area contributed by atoms with Crippen molar-refractivity contribution in [3.8, 4) is 5.75 Å². The van der Waals surface area contributed by atoms with E-state index in [-0.39, 0.29) is 0 Å². The van der Waals surface area contributed by atoms with Gasteiger partial charge < -0.3 is 4.74 Å². The molecule has 0 unspecified atom stereocenters. The van der Waals surface area contributed by atoms with Gasteiger partial charge in [0.05, 0.1) is 15.7 Å². The van der Waals surface area contributed by atoms with Crippen molar-refractivity contribution in [3.05, 3.63) is 92.9 Å². The Labute approximate surface area is 161 Å². The number of hydrogen-bond acceptors (Lipinski definition) is 2. The quantitative estimate of drug-likeness (QED) is 0.431. The van der Waals surface area contributed by atoms with Crippen molar-refractivity contribution in [2.24, 2.45) is 4.99 Å². The van der Waals surface area contributed by atoms with Gasteiger partial charge in [-0.3, -0.25) is 4.99 Å². The van der Waals surface area contributed by atoms with Gasteiger partial charge in [0, 0.05) is 11.2 Å². The maximum absolute atomic E-state index is 5.98. The van der Waals surface area contributed by atoms with Gasteiger partial charge in [-0.15, -0.1) is 0 Å². The first-order valence-electron chi connectivity index (χ1n) is 7.56. The zero-order chi connectivity index (χ0) is 17.6. The van der Waals surface area contributed by atoms with E-state index in [9.17, 15) is 0 Å². The number of benzene rings is 3. The summed E-state index contributed by atoms with van der Waals surface area (Å²) in [7, 11) is 0. The van der Waals surface area contributed by atoms with Gasteiger partial charge in [0.15, 0.2) is 0 Å². The summed E-state index contributed by atoms with van der Waals surface area (Å²) >= 11 is 17.8. The third kappa shape index (κ3) is 5.23. The summed E-state index contributed by atoms with van der Waals surface area (Å²) < 4.78 is 5.76. The van der Waals surface area contributed by atoms with Crippen molar-refractivity contribution in [1.82, 2.24) is 0 Å². The Kier molecular flexibility index (Phi) is 5.98. The topological polar surface area (TPSA) is 21.6 Å². The molecular weight excluding hydrogens is 377 g/mol. The van der Waals surface area contributed by atoms with Crippen LogP contribution in [0.4, 0.5) is 5.69 Å². The van der Waals surface area contributed by atoms with Gasteiger partial charge in [0.2, 0.25) is 0 Å². The minimum absolute atomic E-state index is 0.470. The summed E-state index contributed by atoms with van der Waals surface area (Å²) in [5.74, 6) is 0.784. The second-order valence-electron chi connectivity index (χ2n) is 5.34. The second-order valence-corrected chi connectivity index (χ2v) is 6.60. The van der Waals surface area contributed by atoms with Crippen LogP contribution < -0.4 is 4.74 Å². The van der Waals surface area contributed by atoms with Crippen molar-refractivity contribution in [2.75, 3.05) is 0 Å². The molecule has 3 aromatic rings. The lowest BCUT2D eigenvalue weighted by atomic mass is 10.2. The molecule has 0 aliphatic heterocycles. The van der Waals surface area contributed by atoms with Crippen LogP contribution in [0.3, 0.4) is 0 Å². The molecule has 0 saturated carbocycles. The molecule has 0 aliphatic carbocycles. The molecule has 25 heavy (non-hydrogen) atoms. The SMILES string of the molecule is Clc1cccc(COc2ccc(C=Nc3ccc(Cl)c(Cl)c3)cc2)c1. The van der Waals surface area contributed by atoms with Crippen molar-refractivity contribution < 1.29 is 4.74 Å². The van der Waals surface area contributed by atoms with Crippen LogP contribution in [0.1, 0.15) is 11.1 Å². The molecule has 2 nitrogen and oxygen atoms in total. The first-order valence-corrected chi connectivity index (χ1v) is 8.70. The minimum atomic E-state index is 0.470. The zero-order valence-corrected chi connectivity index (χ0v) is 15.4. The van der Waals surface area contributed by atoms with Crippen LogP contribution in [0.2, 0.25) is 15.1 Å². The van der Waals surface area contributed by atoms with Gasteiger partial charge in [0.1, 0.15) is 12.4 Å². The lowest BCUT2D eigenvalue weighted by Crippen LogP contribution is -1.95. The predicted molar refractivity (Wildman–Crippen MR) is 106 cm³/mol. The average Bonchev–Trinajstić information content (AvgIpc) is 2.62. The van der Waals surface area contributed by atoms with Crippen molar-refractivity contribution >= 4 is 46.7 Å². The summed E-state index contributed by atoms with van der Waals surface area (Å²) in [6, 6.07) is 20.6. The number of nitrogens with zero attached hydrogens (tertiary/aromatic N) is 1.